The number of hydrogen-bond donors (Lipinski definition) is 3. The predicted molar refractivity (Wildman–Crippen MR) is 125 cm³/mol. The number of piperidine rings is 1. The van der Waals surface area contributed by atoms with Gasteiger partial charge in [-0.2, -0.15) is 17.6 Å². The first kappa shape index (κ1) is 26.1. The Balaban J connectivity index is 1.48. The molecule has 0 unspecified atom stereocenters. The van der Waals surface area contributed by atoms with Crippen molar-refractivity contribution >= 4 is 17.5 Å². The Morgan fingerprint density at radius 3 is 2.64 bits per heavy atom. The van der Waals surface area contributed by atoms with Gasteiger partial charge in [-0.15, -0.1) is 0 Å². The number of carbonyl (C=O) groups is 1. The normalized spacial score (nSPS) is 20.8. The van der Waals surface area contributed by atoms with Gasteiger partial charge in [-0.1, -0.05) is 18.2 Å². The topological polar surface area (TPSA) is 108 Å². The molecule has 2 fully saturated rings. The first-order chi connectivity index (χ1) is 17.1. The Kier molecular flexibility index (Phi) is 7.94. The van der Waals surface area contributed by atoms with Crippen LogP contribution < -0.4 is 16.0 Å². The summed E-state index contributed by atoms with van der Waals surface area (Å²) < 4.78 is 56.1. The number of nitrogens with zero attached hydrogens (tertiary/aromatic N) is 4. The van der Waals surface area contributed by atoms with Crippen LogP contribution in [0.1, 0.15) is 30.4 Å². The molecular weight excluding hydrogens is 480 g/mol. The monoisotopic (exact) mass is 510 g/mol. The molecule has 36 heavy (non-hydrogen) atoms. The minimum Gasteiger partial charge on any atom is -0.391 e. The molecule has 12 heteroatoms. The lowest BCUT2D eigenvalue weighted by molar-refractivity contribution is -0.138. The zero-order chi connectivity index (χ0) is 25.9. The Labute approximate surface area is 206 Å². The molecule has 1 aromatic heterocycles. The van der Waals surface area contributed by atoms with E-state index in [0.717, 1.165) is 18.9 Å². The predicted octanol–water partition coefficient (Wildman–Crippen LogP) is 2.63. The van der Waals surface area contributed by atoms with Crippen LogP contribution in [0.2, 0.25) is 0 Å². The average Bonchev–Trinajstić information content (AvgIpc) is 3.62. The molecular formula is C24H30F4N6O2. The van der Waals surface area contributed by atoms with E-state index < -0.39 is 29.6 Å². The van der Waals surface area contributed by atoms with E-state index in [9.17, 15) is 23.1 Å². The van der Waals surface area contributed by atoms with Gasteiger partial charge in [0.2, 0.25) is 11.7 Å². The number of anilines is 2. The average molecular weight is 511 g/mol. The van der Waals surface area contributed by atoms with Crippen molar-refractivity contribution in [3.63, 3.8) is 0 Å². The highest BCUT2D eigenvalue weighted by Gasteiger charge is 2.35. The van der Waals surface area contributed by atoms with Gasteiger partial charge in [0.1, 0.15) is 6.33 Å². The maximum Gasteiger partial charge on any atom is 0.416 e. The number of alkyl halides is 3. The molecule has 1 saturated carbocycles. The van der Waals surface area contributed by atoms with E-state index in [4.69, 9.17) is 5.73 Å². The van der Waals surface area contributed by atoms with Crippen LogP contribution in [0.25, 0.3) is 0 Å². The van der Waals surface area contributed by atoms with Crippen LogP contribution >= 0.6 is 0 Å². The summed E-state index contributed by atoms with van der Waals surface area (Å²) in [6.45, 7) is 1.39. The maximum atomic E-state index is 15.5. The molecule has 1 aliphatic carbocycles. The number of β-amino-alcohol motifs (C(OH)–C–C–N with tert-alkyl or cyclic N) is 1. The number of nitrogens with two attached hydrogens (primary N) is 1. The fraction of sp³-hybridized carbons (Fsp3) is 0.542. The van der Waals surface area contributed by atoms with Crippen molar-refractivity contribution in [2.24, 2.45) is 17.6 Å². The third kappa shape index (κ3) is 6.61. The molecule has 2 aromatic rings. The molecule has 4 N–H and O–H groups in total. The van der Waals surface area contributed by atoms with Crippen LogP contribution in [0.5, 0.6) is 0 Å². The van der Waals surface area contributed by atoms with Crippen LogP contribution in [0.3, 0.4) is 0 Å². The molecule has 0 spiro atoms. The Hall–Kier alpha value is -2.99. The van der Waals surface area contributed by atoms with Crippen molar-refractivity contribution < 1.29 is 27.5 Å². The number of aliphatic hydroxyl groups is 1. The Morgan fingerprint density at radius 1 is 1.22 bits per heavy atom. The summed E-state index contributed by atoms with van der Waals surface area (Å²) in [5.74, 6) is -1.28. The number of likely N-dealkylation sites (tertiary alicyclic amines) is 1. The quantitative estimate of drug-likeness (QED) is 0.422. The number of benzene rings is 1. The Bertz CT molecular complexity index is 1070. The number of carbonyl (C=O) groups excluding carboxylic acids is 1. The van der Waals surface area contributed by atoms with E-state index in [1.165, 1.54) is 24.5 Å². The van der Waals surface area contributed by atoms with Crippen LogP contribution in [0.4, 0.5) is 29.2 Å². The number of amides is 1. The molecule has 1 saturated heterocycles. The molecule has 1 aromatic carbocycles. The second-order valence-electron chi connectivity index (χ2n) is 9.54. The molecule has 4 rings (SSSR count). The maximum absolute atomic E-state index is 15.5. The molecule has 2 atom stereocenters. The number of nitrogens with one attached hydrogen (secondary N) is 1. The number of aliphatic hydroxyl groups excluding tert-OH is 1. The molecule has 196 valence electrons. The van der Waals surface area contributed by atoms with E-state index in [1.807, 2.05) is 0 Å². The second kappa shape index (κ2) is 11.0. The third-order valence-corrected chi connectivity index (χ3v) is 6.65. The fourth-order valence-electron chi connectivity index (χ4n) is 4.56. The van der Waals surface area contributed by atoms with E-state index in [-0.39, 0.29) is 55.2 Å². The van der Waals surface area contributed by atoms with Crippen LogP contribution in [-0.4, -0.2) is 64.7 Å². The molecule has 0 bridgehead atoms. The molecule has 1 aliphatic heterocycles. The zero-order valence-electron chi connectivity index (χ0n) is 19.7. The molecule has 0 radical (unpaired) electrons. The lowest BCUT2D eigenvalue weighted by Crippen LogP contribution is -2.48. The SMILES string of the molecule is NC(=O)CN1CC[C@H](CNc2ncnc(N(Cc3ccccc3C(F)(F)F)CC3CC3)c2F)[C@@H](O)C1. The highest BCUT2D eigenvalue weighted by Crippen LogP contribution is 2.36. The number of rotatable bonds is 10. The van der Waals surface area contributed by atoms with E-state index in [0.29, 0.717) is 19.5 Å². The minimum atomic E-state index is -4.52. The van der Waals surface area contributed by atoms with Crippen LogP contribution in [0.15, 0.2) is 30.6 Å². The summed E-state index contributed by atoms with van der Waals surface area (Å²) in [4.78, 5) is 22.5. The van der Waals surface area contributed by atoms with Gasteiger partial charge in [-0.05, 0) is 43.4 Å². The molecule has 2 heterocycles. The van der Waals surface area contributed by atoms with Crippen molar-refractivity contribution in [3.8, 4) is 0 Å². The summed E-state index contributed by atoms with van der Waals surface area (Å²) in [5, 5.41) is 13.4. The van der Waals surface area contributed by atoms with Gasteiger partial charge in [-0.25, -0.2) is 9.97 Å². The molecule has 8 nitrogen and oxygen atoms in total. The van der Waals surface area contributed by atoms with Gasteiger partial charge in [0.15, 0.2) is 11.6 Å². The number of hydrogen-bond acceptors (Lipinski definition) is 7. The van der Waals surface area contributed by atoms with Gasteiger partial charge in [0.25, 0.3) is 0 Å². The smallest absolute Gasteiger partial charge is 0.391 e. The third-order valence-electron chi connectivity index (χ3n) is 6.65. The van der Waals surface area contributed by atoms with Gasteiger partial charge < -0.3 is 21.1 Å². The summed E-state index contributed by atoms with van der Waals surface area (Å²) in [7, 11) is 0. The number of primary amides is 1. The van der Waals surface area contributed by atoms with Crippen molar-refractivity contribution in [1.29, 1.82) is 0 Å². The highest BCUT2D eigenvalue weighted by molar-refractivity contribution is 5.75. The number of halogens is 4. The van der Waals surface area contributed by atoms with E-state index in [2.05, 4.69) is 15.3 Å². The summed E-state index contributed by atoms with van der Waals surface area (Å²) >= 11 is 0. The van der Waals surface area contributed by atoms with Crippen molar-refractivity contribution in [2.75, 3.05) is 42.9 Å². The first-order valence-electron chi connectivity index (χ1n) is 11.9. The second-order valence-corrected chi connectivity index (χ2v) is 9.54. The van der Waals surface area contributed by atoms with Gasteiger partial charge >= 0.3 is 6.18 Å². The summed E-state index contributed by atoms with van der Waals surface area (Å²) in [5.41, 5.74) is 4.51. The summed E-state index contributed by atoms with van der Waals surface area (Å²) in [6, 6.07) is 5.28. The van der Waals surface area contributed by atoms with E-state index in [1.54, 1.807) is 9.80 Å². The largest absolute Gasteiger partial charge is 0.416 e. The van der Waals surface area contributed by atoms with Crippen LogP contribution in [-0.2, 0) is 17.5 Å². The minimum absolute atomic E-state index is 0.0454. The van der Waals surface area contributed by atoms with Crippen molar-refractivity contribution in [3.05, 3.63) is 47.5 Å². The van der Waals surface area contributed by atoms with Gasteiger partial charge in [0, 0.05) is 32.1 Å². The standard InChI is InChI=1S/C24H30F4N6O2/c25-21-22(30-9-16-7-8-33(12-19(16)35)13-20(29)36)31-14-32-23(21)34(10-15-5-6-15)11-17-3-1-2-4-18(17)24(26,27)28/h1-4,14-16,19,35H,5-13H2,(H2,29,36)(H,30,31,32)/t16-,19+/m1/s1. The number of aromatic nitrogens is 2. The van der Waals surface area contributed by atoms with Crippen LogP contribution in [0, 0.1) is 17.7 Å². The zero-order valence-corrected chi connectivity index (χ0v) is 19.7. The van der Waals surface area contributed by atoms with Gasteiger partial charge in [0.05, 0.1) is 18.2 Å². The van der Waals surface area contributed by atoms with E-state index >= 15 is 4.39 Å². The van der Waals surface area contributed by atoms with Crippen molar-refractivity contribution in [2.45, 2.75) is 38.1 Å². The summed E-state index contributed by atoms with van der Waals surface area (Å²) in [6.07, 6.45) is -1.64. The Morgan fingerprint density at radius 2 is 1.97 bits per heavy atom. The fourth-order valence-corrected chi connectivity index (χ4v) is 4.56. The molecule has 1 amide bonds. The highest BCUT2D eigenvalue weighted by atomic mass is 19.4. The first-order valence-corrected chi connectivity index (χ1v) is 11.9. The van der Waals surface area contributed by atoms with Gasteiger partial charge in [-0.3, -0.25) is 9.69 Å². The lowest BCUT2D eigenvalue weighted by Gasteiger charge is -2.35. The molecule has 2 aliphatic rings. The van der Waals surface area contributed by atoms with Crippen molar-refractivity contribution in [1.82, 2.24) is 14.9 Å². The lowest BCUT2D eigenvalue weighted by atomic mass is 9.93.